The summed E-state index contributed by atoms with van der Waals surface area (Å²) in [6, 6.07) is 31.4. The van der Waals surface area contributed by atoms with E-state index < -0.39 is 6.10 Å². The van der Waals surface area contributed by atoms with Crippen LogP contribution in [-0.4, -0.2) is 22.2 Å². The van der Waals surface area contributed by atoms with Crippen molar-refractivity contribution in [3.8, 4) is 11.8 Å². The largest absolute Gasteiger partial charge is 0.379 e. The minimum Gasteiger partial charge on any atom is -0.379 e. The highest BCUT2D eigenvalue weighted by Crippen LogP contribution is 2.19. The van der Waals surface area contributed by atoms with Crippen LogP contribution in [0.25, 0.3) is 0 Å². The summed E-state index contributed by atoms with van der Waals surface area (Å²) in [6.45, 7) is 3.75. The quantitative estimate of drug-likeness (QED) is 0.253. The molecule has 0 aromatic heterocycles. The lowest BCUT2D eigenvalue weighted by molar-refractivity contribution is 0.0723. The van der Waals surface area contributed by atoms with E-state index in [1.54, 1.807) is 0 Å². The van der Waals surface area contributed by atoms with E-state index in [4.69, 9.17) is 0 Å². The van der Waals surface area contributed by atoms with Gasteiger partial charge in [0.25, 0.3) is 0 Å². The van der Waals surface area contributed by atoms with Crippen LogP contribution in [0, 0.1) is 11.8 Å². The van der Waals surface area contributed by atoms with E-state index in [1.807, 2.05) is 18.2 Å². The predicted molar refractivity (Wildman–Crippen MR) is 139 cm³/mol. The topological polar surface area (TPSA) is 23.5 Å². The summed E-state index contributed by atoms with van der Waals surface area (Å²) >= 11 is 0. The van der Waals surface area contributed by atoms with E-state index in [0.29, 0.717) is 0 Å². The molecule has 0 heterocycles. The zero-order valence-corrected chi connectivity index (χ0v) is 19.9. The van der Waals surface area contributed by atoms with Crippen LogP contribution in [-0.2, 0) is 19.5 Å². The van der Waals surface area contributed by atoms with Crippen molar-refractivity contribution in [1.82, 2.24) is 4.90 Å². The average molecular weight is 440 g/mol. The highest BCUT2D eigenvalue weighted by molar-refractivity contribution is 5.22. The summed E-state index contributed by atoms with van der Waals surface area (Å²) in [6.07, 6.45) is 5.70. The van der Waals surface area contributed by atoms with Crippen LogP contribution < -0.4 is 0 Å². The zero-order chi connectivity index (χ0) is 23.1. The standard InChI is InChI=1S/C31H37NO/c1-2-3-4-5-6-16-23-31(33)30(24-27-17-10-7-11-18-27)32(25-28-19-12-8-13-20-28)26-29-21-14-9-15-22-29/h7-15,17-22,30-31,33H,2-6,24-26H2,1H3/t30-,31+/m0/s1. The van der Waals surface area contributed by atoms with Gasteiger partial charge >= 0.3 is 0 Å². The van der Waals surface area contributed by atoms with Crippen molar-refractivity contribution in [2.45, 2.75) is 70.7 Å². The lowest BCUT2D eigenvalue weighted by Gasteiger charge is -2.33. The van der Waals surface area contributed by atoms with Gasteiger partial charge in [0.2, 0.25) is 0 Å². The SMILES string of the molecule is CCCCCCC#C[C@@H](O)[C@H](Cc1ccccc1)N(Cc1ccccc1)Cc1ccccc1. The van der Waals surface area contributed by atoms with Crippen LogP contribution in [0.5, 0.6) is 0 Å². The van der Waals surface area contributed by atoms with Gasteiger partial charge in [-0.25, -0.2) is 0 Å². The van der Waals surface area contributed by atoms with Gasteiger partial charge in [-0.2, -0.15) is 0 Å². The van der Waals surface area contributed by atoms with Gasteiger partial charge in [-0.15, -0.1) is 5.92 Å². The summed E-state index contributed by atoms with van der Waals surface area (Å²) in [5.74, 6) is 6.46. The van der Waals surface area contributed by atoms with Crippen LogP contribution in [0.4, 0.5) is 0 Å². The van der Waals surface area contributed by atoms with Crippen LogP contribution in [0.3, 0.4) is 0 Å². The molecule has 2 nitrogen and oxygen atoms in total. The van der Waals surface area contributed by atoms with Crippen LogP contribution >= 0.6 is 0 Å². The average Bonchev–Trinajstić information content (AvgIpc) is 2.86. The minimum absolute atomic E-state index is 0.101. The molecule has 0 bridgehead atoms. The van der Waals surface area contributed by atoms with Gasteiger partial charge in [-0.3, -0.25) is 4.90 Å². The van der Waals surface area contributed by atoms with Crippen molar-refractivity contribution in [3.63, 3.8) is 0 Å². The zero-order valence-electron chi connectivity index (χ0n) is 19.9. The third-order valence-corrected chi connectivity index (χ3v) is 5.98. The fraction of sp³-hybridized carbons (Fsp3) is 0.355. The monoisotopic (exact) mass is 439 g/mol. The second kappa shape index (κ2) is 14.3. The summed E-state index contributed by atoms with van der Waals surface area (Å²) in [5, 5.41) is 11.3. The van der Waals surface area contributed by atoms with E-state index in [0.717, 1.165) is 32.4 Å². The molecule has 0 fully saturated rings. The lowest BCUT2D eigenvalue weighted by Crippen LogP contribution is -2.44. The van der Waals surface area contributed by atoms with Crippen LogP contribution in [0.2, 0.25) is 0 Å². The smallest absolute Gasteiger partial charge is 0.130 e. The van der Waals surface area contributed by atoms with E-state index >= 15 is 0 Å². The fourth-order valence-corrected chi connectivity index (χ4v) is 4.14. The van der Waals surface area contributed by atoms with Gasteiger partial charge in [0.15, 0.2) is 0 Å². The van der Waals surface area contributed by atoms with Gasteiger partial charge < -0.3 is 5.11 Å². The Bertz CT molecular complexity index is 918. The van der Waals surface area contributed by atoms with Crippen molar-refractivity contribution in [2.75, 3.05) is 0 Å². The van der Waals surface area contributed by atoms with Gasteiger partial charge in [0, 0.05) is 19.5 Å². The highest BCUT2D eigenvalue weighted by Gasteiger charge is 2.26. The number of hydrogen-bond acceptors (Lipinski definition) is 2. The fourth-order valence-electron chi connectivity index (χ4n) is 4.14. The van der Waals surface area contributed by atoms with E-state index in [1.165, 1.54) is 36.0 Å². The third-order valence-electron chi connectivity index (χ3n) is 5.98. The van der Waals surface area contributed by atoms with Crippen molar-refractivity contribution in [3.05, 3.63) is 108 Å². The Morgan fingerprint density at radius 1 is 0.697 bits per heavy atom. The molecular formula is C31H37NO. The summed E-state index contributed by atoms with van der Waals surface area (Å²) < 4.78 is 0. The molecule has 0 radical (unpaired) electrons. The molecule has 33 heavy (non-hydrogen) atoms. The molecule has 0 amide bonds. The first-order valence-corrected chi connectivity index (χ1v) is 12.3. The predicted octanol–water partition coefficient (Wildman–Crippen LogP) is 6.63. The second-order valence-corrected chi connectivity index (χ2v) is 8.71. The number of rotatable bonds is 12. The normalized spacial score (nSPS) is 12.7. The first kappa shape index (κ1) is 24.8. The number of aliphatic hydroxyl groups excluding tert-OH is 1. The molecule has 3 aromatic carbocycles. The molecule has 3 rings (SSSR count). The molecule has 0 aliphatic rings. The third kappa shape index (κ3) is 8.89. The maximum atomic E-state index is 11.3. The minimum atomic E-state index is -0.705. The molecule has 0 aliphatic carbocycles. The van der Waals surface area contributed by atoms with Crippen molar-refractivity contribution >= 4 is 0 Å². The highest BCUT2D eigenvalue weighted by atomic mass is 16.3. The number of nitrogens with zero attached hydrogens (tertiary/aromatic N) is 1. The first-order chi connectivity index (χ1) is 16.3. The van der Waals surface area contributed by atoms with Crippen LogP contribution in [0.15, 0.2) is 91.0 Å². The molecule has 0 saturated carbocycles. The first-order valence-electron chi connectivity index (χ1n) is 12.3. The molecule has 0 unspecified atom stereocenters. The maximum absolute atomic E-state index is 11.3. The number of unbranched alkanes of at least 4 members (excludes halogenated alkanes) is 4. The Hall–Kier alpha value is -2.86. The van der Waals surface area contributed by atoms with Crippen molar-refractivity contribution < 1.29 is 5.11 Å². The Morgan fingerprint density at radius 3 is 1.73 bits per heavy atom. The number of hydrogen-bond donors (Lipinski definition) is 1. The lowest BCUT2D eigenvalue weighted by atomic mass is 9.98. The van der Waals surface area contributed by atoms with Crippen molar-refractivity contribution in [2.24, 2.45) is 0 Å². The molecule has 2 heteroatoms. The molecule has 1 N–H and O–H groups in total. The molecule has 172 valence electrons. The molecule has 0 spiro atoms. The van der Waals surface area contributed by atoms with E-state index in [2.05, 4.69) is 96.5 Å². The number of aliphatic hydroxyl groups is 1. The van der Waals surface area contributed by atoms with Crippen LogP contribution in [0.1, 0.15) is 55.7 Å². The summed E-state index contributed by atoms with van der Waals surface area (Å²) in [4.78, 5) is 2.38. The molecule has 2 atom stereocenters. The van der Waals surface area contributed by atoms with E-state index in [-0.39, 0.29) is 6.04 Å². The number of benzene rings is 3. The van der Waals surface area contributed by atoms with E-state index in [9.17, 15) is 5.11 Å². The van der Waals surface area contributed by atoms with Gasteiger partial charge in [0.1, 0.15) is 6.10 Å². The Kier molecular flexibility index (Phi) is 10.8. The van der Waals surface area contributed by atoms with Gasteiger partial charge in [-0.1, -0.05) is 123 Å². The van der Waals surface area contributed by atoms with Gasteiger partial charge in [0.05, 0.1) is 6.04 Å². The molecule has 0 aliphatic heterocycles. The summed E-state index contributed by atoms with van der Waals surface area (Å²) in [7, 11) is 0. The molecular weight excluding hydrogens is 402 g/mol. The second-order valence-electron chi connectivity index (χ2n) is 8.71. The molecule has 0 saturated heterocycles. The summed E-state index contributed by atoms with van der Waals surface area (Å²) in [5.41, 5.74) is 3.70. The molecule has 3 aromatic rings. The van der Waals surface area contributed by atoms with Gasteiger partial charge in [-0.05, 0) is 29.5 Å². The Balaban J connectivity index is 1.83. The van der Waals surface area contributed by atoms with Crippen molar-refractivity contribution in [1.29, 1.82) is 0 Å². The Labute approximate surface area is 200 Å². The Morgan fingerprint density at radius 2 is 1.21 bits per heavy atom. The maximum Gasteiger partial charge on any atom is 0.130 e.